The number of esters is 1. The van der Waals surface area contributed by atoms with Gasteiger partial charge in [0.05, 0.1) is 12.7 Å². The van der Waals surface area contributed by atoms with Gasteiger partial charge in [0.1, 0.15) is 0 Å². The zero-order valence-electron chi connectivity index (χ0n) is 10.2. The van der Waals surface area contributed by atoms with Gasteiger partial charge in [-0.25, -0.2) is 4.79 Å². The second-order valence-electron chi connectivity index (χ2n) is 4.20. The van der Waals surface area contributed by atoms with Crippen LogP contribution in [0.2, 0.25) is 5.02 Å². The number of carbonyl (C=O) groups excluding carboxylic acids is 1. The maximum absolute atomic E-state index is 11.9. The zero-order valence-corrected chi connectivity index (χ0v) is 10.9. The van der Waals surface area contributed by atoms with Crippen LogP contribution >= 0.6 is 11.6 Å². The van der Waals surface area contributed by atoms with Gasteiger partial charge in [-0.2, -0.15) is 0 Å². The minimum absolute atomic E-state index is 0.356. The molecule has 3 nitrogen and oxygen atoms in total. The molecule has 0 atom stereocenters. The van der Waals surface area contributed by atoms with Crippen molar-refractivity contribution in [2.24, 2.45) is 0 Å². The molecule has 0 saturated heterocycles. The van der Waals surface area contributed by atoms with Crippen LogP contribution in [-0.4, -0.2) is 18.1 Å². The number of hydrogen-bond acceptors (Lipinski definition) is 3. The number of ether oxygens (including phenoxy) is 1. The summed E-state index contributed by atoms with van der Waals surface area (Å²) in [6.45, 7) is 0. The Hall–Kier alpha value is -2.13. The molecule has 0 unspecified atom stereocenters. The van der Waals surface area contributed by atoms with Crippen molar-refractivity contribution in [1.82, 2.24) is 4.98 Å². The Bertz CT molecular complexity index is 799. The van der Waals surface area contributed by atoms with Gasteiger partial charge in [0, 0.05) is 22.8 Å². The van der Waals surface area contributed by atoms with Gasteiger partial charge in [0.2, 0.25) is 0 Å². The summed E-state index contributed by atoms with van der Waals surface area (Å²) >= 11 is 6.05. The number of hydrogen-bond donors (Lipinski definition) is 0. The molecule has 1 heterocycles. The van der Waals surface area contributed by atoms with Gasteiger partial charge >= 0.3 is 5.97 Å². The highest BCUT2D eigenvalue weighted by atomic mass is 35.5. The van der Waals surface area contributed by atoms with Gasteiger partial charge in [0.15, 0.2) is 0 Å². The summed E-state index contributed by atoms with van der Waals surface area (Å²) in [5.74, 6) is -0.356. The van der Waals surface area contributed by atoms with Crippen LogP contribution in [0.1, 0.15) is 10.4 Å². The first-order chi connectivity index (χ1) is 9.20. The molecule has 0 aliphatic rings. The van der Waals surface area contributed by atoms with Gasteiger partial charge in [-0.3, -0.25) is 4.98 Å². The van der Waals surface area contributed by atoms with E-state index in [4.69, 9.17) is 16.3 Å². The fourth-order valence-corrected chi connectivity index (χ4v) is 2.41. The molecule has 0 aliphatic heterocycles. The predicted octanol–water partition coefficient (Wildman–Crippen LogP) is 3.83. The lowest BCUT2D eigenvalue weighted by Crippen LogP contribution is -2.02. The molecule has 3 rings (SSSR count). The summed E-state index contributed by atoms with van der Waals surface area (Å²) in [6, 6.07) is 9.11. The molecule has 3 aromatic rings. The maximum Gasteiger partial charge on any atom is 0.338 e. The van der Waals surface area contributed by atoms with E-state index in [9.17, 15) is 4.79 Å². The largest absolute Gasteiger partial charge is 0.465 e. The van der Waals surface area contributed by atoms with Crippen molar-refractivity contribution in [3.05, 3.63) is 53.3 Å². The minimum Gasteiger partial charge on any atom is -0.465 e. The first-order valence-electron chi connectivity index (χ1n) is 5.75. The molecule has 0 radical (unpaired) electrons. The molecular weight excluding hydrogens is 262 g/mol. The number of benzene rings is 2. The summed E-state index contributed by atoms with van der Waals surface area (Å²) in [4.78, 5) is 16.0. The zero-order chi connectivity index (χ0) is 13.4. The molecule has 0 N–H and O–H groups in total. The monoisotopic (exact) mass is 271 g/mol. The Balaban J connectivity index is 2.51. The molecule has 19 heavy (non-hydrogen) atoms. The molecule has 1 aromatic heterocycles. The Morgan fingerprint density at radius 3 is 2.79 bits per heavy atom. The van der Waals surface area contributed by atoms with Gasteiger partial charge in [-0.15, -0.1) is 0 Å². The van der Waals surface area contributed by atoms with Crippen molar-refractivity contribution in [3.63, 3.8) is 0 Å². The Morgan fingerprint density at radius 1 is 1.16 bits per heavy atom. The molecule has 4 heteroatoms. The number of halogens is 1. The van der Waals surface area contributed by atoms with Gasteiger partial charge in [-0.1, -0.05) is 17.7 Å². The Kier molecular flexibility index (Phi) is 2.84. The van der Waals surface area contributed by atoms with E-state index in [1.807, 2.05) is 24.3 Å². The third-order valence-corrected chi connectivity index (χ3v) is 3.36. The second-order valence-corrected chi connectivity index (χ2v) is 4.64. The number of nitrogens with zero attached hydrogens (tertiary/aromatic N) is 1. The van der Waals surface area contributed by atoms with Crippen LogP contribution in [0.15, 0.2) is 42.7 Å². The molecule has 2 aromatic carbocycles. The predicted molar refractivity (Wildman–Crippen MR) is 75.6 cm³/mol. The number of pyridine rings is 1. The van der Waals surface area contributed by atoms with Crippen LogP contribution in [0, 0.1) is 0 Å². The minimum atomic E-state index is -0.356. The first-order valence-corrected chi connectivity index (χ1v) is 6.13. The molecular formula is C15H10ClNO2. The van der Waals surface area contributed by atoms with E-state index in [2.05, 4.69) is 4.98 Å². The molecule has 0 spiro atoms. The van der Waals surface area contributed by atoms with E-state index in [1.165, 1.54) is 7.11 Å². The second kappa shape index (κ2) is 4.52. The summed E-state index contributed by atoms with van der Waals surface area (Å²) in [5, 5.41) is 4.24. The highest BCUT2D eigenvalue weighted by Crippen LogP contribution is 2.30. The van der Waals surface area contributed by atoms with Gasteiger partial charge in [0.25, 0.3) is 0 Å². The Morgan fingerprint density at radius 2 is 2.00 bits per heavy atom. The lowest BCUT2D eigenvalue weighted by atomic mass is 9.98. The van der Waals surface area contributed by atoms with E-state index in [0.29, 0.717) is 10.6 Å². The van der Waals surface area contributed by atoms with E-state index < -0.39 is 0 Å². The fraction of sp³-hybridized carbons (Fsp3) is 0.0667. The number of aromatic nitrogens is 1. The average molecular weight is 272 g/mol. The van der Waals surface area contributed by atoms with Crippen molar-refractivity contribution in [1.29, 1.82) is 0 Å². The summed E-state index contributed by atoms with van der Waals surface area (Å²) < 4.78 is 4.84. The van der Waals surface area contributed by atoms with Crippen LogP contribution in [0.5, 0.6) is 0 Å². The molecule has 0 bridgehead atoms. The fourth-order valence-electron chi connectivity index (χ4n) is 2.24. The van der Waals surface area contributed by atoms with Crippen LogP contribution in [0.25, 0.3) is 21.5 Å². The van der Waals surface area contributed by atoms with Crippen molar-refractivity contribution >= 4 is 39.1 Å². The third kappa shape index (κ3) is 1.92. The van der Waals surface area contributed by atoms with Crippen molar-refractivity contribution in [3.8, 4) is 0 Å². The number of carbonyl (C=O) groups is 1. The highest BCUT2D eigenvalue weighted by molar-refractivity contribution is 6.32. The van der Waals surface area contributed by atoms with Crippen molar-refractivity contribution < 1.29 is 9.53 Å². The lowest BCUT2D eigenvalue weighted by molar-refractivity contribution is 0.0603. The van der Waals surface area contributed by atoms with Gasteiger partial charge in [-0.05, 0) is 40.4 Å². The van der Waals surface area contributed by atoms with E-state index in [1.54, 1.807) is 18.5 Å². The summed E-state index contributed by atoms with van der Waals surface area (Å²) in [5.41, 5.74) is 0.535. The first kappa shape index (κ1) is 11.9. The smallest absolute Gasteiger partial charge is 0.338 e. The normalized spacial score (nSPS) is 10.8. The van der Waals surface area contributed by atoms with Crippen LogP contribution < -0.4 is 0 Å². The topological polar surface area (TPSA) is 39.2 Å². The van der Waals surface area contributed by atoms with E-state index in [-0.39, 0.29) is 5.97 Å². The maximum atomic E-state index is 11.9. The van der Waals surface area contributed by atoms with Gasteiger partial charge < -0.3 is 4.74 Å². The summed E-state index contributed by atoms with van der Waals surface area (Å²) in [7, 11) is 1.38. The highest BCUT2D eigenvalue weighted by Gasteiger charge is 2.13. The molecule has 0 fully saturated rings. The SMILES string of the molecule is COC(=O)c1cc2ccncc2c2cc(Cl)ccc12. The quantitative estimate of drug-likeness (QED) is 0.499. The van der Waals surface area contributed by atoms with Crippen LogP contribution in [0.3, 0.4) is 0 Å². The summed E-state index contributed by atoms with van der Waals surface area (Å²) in [6.07, 6.45) is 3.47. The van der Waals surface area contributed by atoms with E-state index >= 15 is 0 Å². The number of fused-ring (bicyclic) bond motifs is 3. The molecule has 94 valence electrons. The van der Waals surface area contributed by atoms with Crippen LogP contribution in [0.4, 0.5) is 0 Å². The molecule has 0 amide bonds. The average Bonchev–Trinajstić information content (AvgIpc) is 2.45. The lowest BCUT2D eigenvalue weighted by Gasteiger charge is -2.09. The van der Waals surface area contributed by atoms with Crippen molar-refractivity contribution in [2.75, 3.05) is 7.11 Å². The Labute approximate surface area is 114 Å². The number of rotatable bonds is 1. The third-order valence-electron chi connectivity index (χ3n) is 3.12. The van der Waals surface area contributed by atoms with Crippen molar-refractivity contribution in [2.45, 2.75) is 0 Å². The standard InChI is InChI=1S/C15H10ClNO2/c1-19-15(18)13-6-9-4-5-17-8-14(9)12-7-10(16)2-3-11(12)13/h2-8H,1H3. The molecule has 0 saturated carbocycles. The molecule has 0 aliphatic carbocycles. The van der Waals surface area contributed by atoms with Crippen LogP contribution in [-0.2, 0) is 4.74 Å². The number of methoxy groups -OCH3 is 1. The van der Waals surface area contributed by atoms with E-state index in [0.717, 1.165) is 21.5 Å².